The molecule has 4 heteroatoms. The predicted octanol–water partition coefficient (Wildman–Crippen LogP) is 4.61. The summed E-state index contributed by atoms with van der Waals surface area (Å²) in [7, 11) is 0. The van der Waals surface area contributed by atoms with Crippen molar-refractivity contribution in [1.82, 2.24) is 5.32 Å². The molecule has 0 bridgehead atoms. The standard InChI is InChI=1S/C21H16BrNO2/c1-11-17(12(2)24)18(13-7-9-14(22)10-8-13)19-20(23-11)15-5-3-4-6-16(15)21(19)25/h3-10,18,23H,1-2H3/t18-/m0/s1. The maximum atomic E-state index is 13.1. The van der Waals surface area contributed by atoms with Gasteiger partial charge in [0.05, 0.1) is 5.70 Å². The average molecular weight is 394 g/mol. The molecule has 0 fully saturated rings. The van der Waals surface area contributed by atoms with Gasteiger partial charge < -0.3 is 5.32 Å². The topological polar surface area (TPSA) is 46.2 Å². The first-order valence-corrected chi connectivity index (χ1v) is 8.90. The summed E-state index contributed by atoms with van der Waals surface area (Å²) in [5, 5.41) is 3.32. The first-order valence-electron chi connectivity index (χ1n) is 8.11. The van der Waals surface area contributed by atoms with Gasteiger partial charge in [0.15, 0.2) is 11.6 Å². The maximum absolute atomic E-state index is 13.1. The largest absolute Gasteiger partial charge is 0.358 e. The van der Waals surface area contributed by atoms with Crippen LogP contribution in [0.15, 0.2) is 69.8 Å². The number of hydrogen-bond donors (Lipinski definition) is 1. The van der Waals surface area contributed by atoms with Gasteiger partial charge in [0.1, 0.15) is 0 Å². The summed E-state index contributed by atoms with van der Waals surface area (Å²) in [6, 6.07) is 15.4. The van der Waals surface area contributed by atoms with Crippen molar-refractivity contribution in [3.8, 4) is 0 Å². The van der Waals surface area contributed by atoms with Crippen LogP contribution < -0.4 is 5.32 Å². The van der Waals surface area contributed by atoms with Crippen LogP contribution in [0.3, 0.4) is 0 Å². The zero-order chi connectivity index (χ0) is 17.7. The van der Waals surface area contributed by atoms with Gasteiger partial charge in [-0.15, -0.1) is 0 Å². The second-order valence-corrected chi connectivity index (χ2v) is 7.28. The van der Waals surface area contributed by atoms with Crippen LogP contribution in [-0.2, 0) is 4.79 Å². The highest BCUT2D eigenvalue weighted by Gasteiger charge is 2.41. The molecular formula is C21H16BrNO2. The van der Waals surface area contributed by atoms with Crippen molar-refractivity contribution in [1.29, 1.82) is 0 Å². The summed E-state index contributed by atoms with van der Waals surface area (Å²) in [5.74, 6) is -0.368. The molecule has 0 radical (unpaired) electrons. The molecule has 2 aromatic carbocycles. The monoisotopic (exact) mass is 393 g/mol. The van der Waals surface area contributed by atoms with E-state index in [1.54, 1.807) is 6.92 Å². The van der Waals surface area contributed by atoms with E-state index in [-0.39, 0.29) is 17.5 Å². The van der Waals surface area contributed by atoms with Crippen LogP contribution in [0.2, 0.25) is 0 Å². The molecule has 0 saturated carbocycles. The summed E-state index contributed by atoms with van der Waals surface area (Å²) < 4.78 is 0.963. The molecule has 4 rings (SSSR count). The lowest BCUT2D eigenvalue weighted by atomic mass is 9.78. The third-order valence-electron chi connectivity index (χ3n) is 4.83. The second kappa shape index (κ2) is 5.81. The summed E-state index contributed by atoms with van der Waals surface area (Å²) in [5.41, 5.74) is 5.51. The van der Waals surface area contributed by atoms with Gasteiger partial charge >= 0.3 is 0 Å². The van der Waals surface area contributed by atoms with Gasteiger partial charge in [-0.2, -0.15) is 0 Å². The molecule has 0 amide bonds. The van der Waals surface area contributed by atoms with Crippen LogP contribution in [0.4, 0.5) is 0 Å². The van der Waals surface area contributed by atoms with Crippen molar-refractivity contribution in [2.75, 3.05) is 0 Å². The van der Waals surface area contributed by atoms with Crippen molar-refractivity contribution in [3.63, 3.8) is 0 Å². The molecule has 1 heterocycles. The van der Waals surface area contributed by atoms with E-state index in [2.05, 4.69) is 21.2 Å². The predicted molar refractivity (Wildman–Crippen MR) is 101 cm³/mol. The molecule has 2 aliphatic rings. The number of carbonyl (C=O) groups is 2. The number of halogens is 1. The molecule has 1 aliphatic carbocycles. The van der Waals surface area contributed by atoms with Crippen LogP contribution in [-0.4, -0.2) is 11.6 Å². The first kappa shape index (κ1) is 16.0. The molecule has 0 saturated heterocycles. The minimum atomic E-state index is -0.346. The van der Waals surface area contributed by atoms with Crippen LogP contribution in [0.5, 0.6) is 0 Å². The van der Waals surface area contributed by atoms with Gasteiger partial charge in [-0.25, -0.2) is 0 Å². The highest BCUT2D eigenvalue weighted by molar-refractivity contribution is 9.10. The van der Waals surface area contributed by atoms with Gasteiger partial charge in [0.2, 0.25) is 0 Å². The molecule has 3 nitrogen and oxygen atoms in total. The minimum Gasteiger partial charge on any atom is -0.358 e. The van der Waals surface area contributed by atoms with E-state index in [4.69, 9.17) is 0 Å². The van der Waals surface area contributed by atoms with Crippen LogP contribution in [0.1, 0.15) is 41.3 Å². The number of nitrogens with one attached hydrogen (secondary N) is 1. The molecule has 25 heavy (non-hydrogen) atoms. The van der Waals surface area contributed by atoms with Crippen molar-refractivity contribution >= 4 is 33.2 Å². The van der Waals surface area contributed by atoms with Crippen LogP contribution in [0, 0.1) is 0 Å². The lowest BCUT2D eigenvalue weighted by Crippen LogP contribution is -2.27. The Balaban J connectivity index is 1.96. The molecule has 1 aliphatic heterocycles. The number of hydrogen-bond acceptors (Lipinski definition) is 3. The lowest BCUT2D eigenvalue weighted by Gasteiger charge is -2.29. The zero-order valence-electron chi connectivity index (χ0n) is 13.9. The summed E-state index contributed by atoms with van der Waals surface area (Å²) in [6.45, 7) is 3.46. The van der Waals surface area contributed by atoms with Crippen molar-refractivity contribution in [2.45, 2.75) is 19.8 Å². The molecule has 1 atom stereocenters. The Labute approximate surface area is 154 Å². The first-order chi connectivity index (χ1) is 12.0. The Kier molecular flexibility index (Phi) is 3.73. The number of carbonyl (C=O) groups excluding carboxylic acids is 2. The molecule has 2 aromatic rings. The number of benzene rings is 2. The third kappa shape index (κ3) is 2.40. The van der Waals surface area contributed by atoms with E-state index in [1.165, 1.54) is 0 Å². The fraction of sp³-hybridized carbons (Fsp3) is 0.143. The van der Waals surface area contributed by atoms with E-state index in [0.29, 0.717) is 16.7 Å². The SMILES string of the molecule is CC(=O)C1=C(C)NC2=C(C(=O)c3ccccc32)[C@H]1c1ccc(Br)cc1. The van der Waals surface area contributed by atoms with Gasteiger partial charge in [0.25, 0.3) is 0 Å². The van der Waals surface area contributed by atoms with Crippen molar-refractivity contribution < 1.29 is 9.59 Å². The number of allylic oxidation sites excluding steroid dienone is 3. The van der Waals surface area contributed by atoms with Gasteiger partial charge in [-0.05, 0) is 31.5 Å². The lowest BCUT2D eigenvalue weighted by molar-refractivity contribution is -0.113. The Morgan fingerprint density at radius 2 is 1.68 bits per heavy atom. The summed E-state index contributed by atoms with van der Waals surface area (Å²) in [4.78, 5) is 25.5. The van der Waals surface area contributed by atoms with E-state index in [1.807, 2.05) is 55.5 Å². The molecule has 0 unspecified atom stereocenters. The molecule has 0 aromatic heterocycles. The number of rotatable bonds is 2. The quantitative estimate of drug-likeness (QED) is 0.810. The highest BCUT2D eigenvalue weighted by atomic mass is 79.9. The van der Waals surface area contributed by atoms with Gasteiger partial charge in [-0.3, -0.25) is 9.59 Å². The van der Waals surface area contributed by atoms with Crippen molar-refractivity contribution in [2.24, 2.45) is 0 Å². The normalized spacial score (nSPS) is 18.8. The van der Waals surface area contributed by atoms with Crippen molar-refractivity contribution in [3.05, 3.63) is 86.5 Å². The zero-order valence-corrected chi connectivity index (χ0v) is 15.5. The van der Waals surface area contributed by atoms with Gasteiger partial charge in [0, 0.05) is 38.4 Å². The second-order valence-electron chi connectivity index (χ2n) is 6.37. The maximum Gasteiger partial charge on any atom is 0.192 e. The van der Waals surface area contributed by atoms with E-state index in [9.17, 15) is 9.59 Å². The van der Waals surface area contributed by atoms with Crippen LogP contribution in [0.25, 0.3) is 5.70 Å². The van der Waals surface area contributed by atoms with E-state index < -0.39 is 0 Å². The molecule has 1 N–H and O–H groups in total. The number of dihydropyridines is 1. The summed E-state index contributed by atoms with van der Waals surface area (Å²) in [6.07, 6.45) is 0. The smallest absolute Gasteiger partial charge is 0.192 e. The minimum absolute atomic E-state index is 0.00253. The summed E-state index contributed by atoms with van der Waals surface area (Å²) >= 11 is 3.45. The van der Waals surface area contributed by atoms with Gasteiger partial charge in [-0.1, -0.05) is 52.3 Å². The Morgan fingerprint density at radius 3 is 2.32 bits per heavy atom. The number of Topliss-reactive ketones (excluding diaryl/α,β-unsaturated/α-hetero) is 2. The fourth-order valence-corrected chi connectivity index (χ4v) is 4.05. The average Bonchev–Trinajstić information content (AvgIpc) is 2.87. The van der Waals surface area contributed by atoms with E-state index >= 15 is 0 Å². The Hall–Kier alpha value is -2.46. The third-order valence-corrected chi connectivity index (χ3v) is 5.36. The Morgan fingerprint density at radius 1 is 1.04 bits per heavy atom. The highest BCUT2D eigenvalue weighted by Crippen LogP contribution is 2.46. The molecule has 0 spiro atoms. The van der Waals surface area contributed by atoms with Crippen LogP contribution >= 0.6 is 15.9 Å². The van der Waals surface area contributed by atoms with E-state index in [0.717, 1.165) is 27.0 Å². The fourth-order valence-electron chi connectivity index (χ4n) is 3.78. The number of fused-ring (bicyclic) bond motifs is 2. The molecule has 124 valence electrons. The molecular weight excluding hydrogens is 378 g/mol. The Bertz CT molecular complexity index is 983. The number of ketones is 2.